The van der Waals surface area contributed by atoms with E-state index >= 15 is 0 Å². The molecule has 0 spiro atoms. The van der Waals surface area contributed by atoms with Gasteiger partial charge in [0.2, 0.25) is 0 Å². The predicted molar refractivity (Wildman–Crippen MR) is 70.1 cm³/mol. The first kappa shape index (κ1) is 13.3. The zero-order chi connectivity index (χ0) is 13.1. The Balaban J connectivity index is 2.68. The van der Waals surface area contributed by atoms with Crippen molar-refractivity contribution in [2.75, 3.05) is 5.32 Å². The van der Waals surface area contributed by atoms with E-state index in [9.17, 15) is 9.90 Å². The molecule has 0 aromatic heterocycles. The molecule has 0 amide bonds. The third kappa shape index (κ3) is 3.94. The van der Waals surface area contributed by atoms with Gasteiger partial charge in [-0.1, -0.05) is 26.8 Å². The number of benzene rings is 1. The van der Waals surface area contributed by atoms with Crippen LogP contribution >= 0.6 is 0 Å². The van der Waals surface area contributed by atoms with Crippen molar-refractivity contribution in [1.29, 1.82) is 0 Å². The van der Waals surface area contributed by atoms with Crippen molar-refractivity contribution in [3.05, 3.63) is 36.0 Å². The highest BCUT2D eigenvalue weighted by Gasteiger charge is 2.17. The molecule has 0 saturated heterocycles. The van der Waals surface area contributed by atoms with Crippen LogP contribution in [0.25, 0.3) is 0 Å². The lowest BCUT2D eigenvalue weighted by atomic mass is 9.91. The number of phenols is 1. The summed E-state index contributed by atoms with van der Waals surface area (Å²) in [7, 11) is 0. The molecule has 1 aromatic carbocycles. The van der Waals surface area contributed by atoms with Crippen LogP contribution in [0.2, 0.25) is 0 Å². The summed E-state index contributed by atoms with van der Waals surface area (Å²) >= 11 is 0. The van der Waals surface area contributed by atoms with Gasteiger partial charge >= 0.3 is 0 Å². The number of rotatable bonds is 3. The number of hydrogen-bond acceptors (Lipinski definition) is 3. The molecular formula is C14H19NO2. The zero-order valence-corrected chi connectivity index (χ0v) is 10.7. The summed E-state index contributed by atoms with van der Waals surface area (Å²) in [5.74, 6) is 0.217. The Morgan fingerprint density at radius 3 is 2.53 bits per heavy atom. The van der Waals surface area contributed by atoms with Gasteiger partial charge in [-0.2, -0.15) is 0 Å². The van der Waals surface area contributed by atoms with Gasteiger partial charge in [0.15, 0.2) is 5.78 Å². The lowest BCUT2D eigenvalue weighted by Gasteiger charge is -2.13. The Bertz CT molecular complexity index is 442. The number of nitrogens with one attached hydrogen (secondary N) is 1. The molecule has 0 heterocycles. The minimum Gasteiger partial charge on any atom is -0.506 e. The van der Waals surface area contributed by atoms with Crippen LogP contribution in [0.1, 0.15) is 26.3 Å². The molecule has 92 valence electrons. The van der Waals surface area contributed by atoms with Gasteiger partial charge in [-0.05, 0) is 30.7 Å². The molecule has 0 unspecified atom stereocenters. The smallest absolute Gasteiger partial charge is 0.162 e. The second-order valence-electron chi connectivity index (χ2n) is 5.11. The van der Waals surface area contributed by atoms with Gasteiger partial charge in [0.05, 0.1) is 5.69 Å². The second kappa shape index (κ2) is 5.04. The van der Waals surface area contributed by atoms with Crippen LogP contribution < -0.4 is 5.32 Å². The van der Waals surface area contributed by atoms with E-state index < -0.39 is 0 Å². The van der Waals surface area contributed by atoms with Gasteiger partial charge in [0.1, 0.15) is 5.75 Å². The maximum absolute atomic E-state index is 11.6. The average Bonchev–Trinajstić information content (AvgIpc) is 2.19. The molecule has 17 heavy (non-hydrogen) atoms. The van der Waals surface area contributed by atoms with Crippen molar-refractivity contribution in [3.63, 3.8) is 0 Å². The number of carbonyl (C=O) groups is 1. The topological polar surface area (TPSA) is 49.3 Å². The fourth-order valence-corrected chi connectivity index (χ4v) is 1.22. The molecule has 0 aliphatic heterocycles. The minimum absolute atomic E-state index is 0.0385. The van der Waals surface area contributed by atoms with Crippen molar-refractivity contribution >= 4 is 11.5 Å². The highest BCUT2D eigenvalue weighted by molar-refractivity contribution is 5.94. The van der Waals surface area contributed by atoms with E-state index in [0.717, 1.165) is 5.56 Å². The van der Waals surface area contributed by atoms with E-state index in [0.29, 0.717) is 5.69 Å². The Morgan fingerprint density at radius 2 is 2.00 bits per heavy atom. The van der Waals surface area contributed by atoms with E-state index in [1.165, 1.54) is 6.08 Å². The zero-order valence-electron chi connectivity index (χ0n) is 10.7. The quantitative estimate of drug-likeness (QED) is 0.622. The summed E-state index contributed by atoms with van der Waals surface area (Å²) in [6, 6.07) is 5.33. The van der Waals surface area contributed by atoms with Crippen LogP contribution in [0.4, 0.5) is 5.69 Å². The Labute approximate surface area is 102 Å². The van der Waals surface area contributed by atoms with Gasteiger partial charge < -0.3 is 10.4 Å². The predicted octanol–water partition coefficient (Wildman–Crippen LogP) is 3.24. The molecule has 3 heteroatoms. The van der Waals surface area contributed by atoms with Gasteiger partial charge in [-0.25, -0.2) is 0 Å². The summed E-state index contributed by atoms with van der Waals surface area (Å²) in [5.41, 5.74) is 1.20. The van der Waals surface area contributed by atoms with Crippen molar-refractivity contribution in [2.45, 2.75) is 27.7 Å². The molecule has 2 N–H and O–H groups in total. The number of ketones is 1. The van der Waals surface area contributed by atoms with Crippen LogP contribution in [-0.4, -0.2) is 10.9 Å². The molecule has 3 nitrogen and oxygen atoms in total. The molecule has 0 radical (unpaired) electrons. The molecular weight excluding hydrogens is 214 g/mol. The lowest BCUT2D eigenvalue weighted by Crippen LogP contribution is -2.17. The van der Waals surface area contributed by atoms with Crippen LogP contribution in [0.3, 0.4) is 0 Å². The maximum Gasteiger partial charge on any atom is 0.162 e. The van der Waals surface area contributed by atoms with E-state index in [4.69, 9.17) is 0 Å². The first-order valence-corrected chi connectivity index (χ1v) is 5.58. The number of carbonyl (C=O) groups excluding carboxylic acids is 1. The number of allylic oxidation sites excluding steroid dienone is 1. The van der Waals surface area contributed by atoms with Crippen molar-refractivity contribution in [2.24, 2.45) is 5.41 Å². The summed E-state index contributed by atoms with van der Waals surface area (Å²) in [6.45, 7) is 7.50. The third-order valence-electron chi connectivity index (χ3n) is 2.37. The molecule has 0 saturated carbocycles. The van der Waals surface area contributed by atoms with Crippen molar-refractivity contribution < 1.29 is 9.90 Å². The summed E-state index contributed by atoms with van der Waals surface area (Å²) < 4.78 is 0. The molecule has 0 aliphatic rings. The highest BCUT2D eigenvalue weighted by Crippen LogP contribution is 2.24. The van der Waals surface area contributed by atoms with Gasteiger partial charge in [-0.15, -0.1) is 0 Å². The van der Waals surface area contributed by atoms with E-state index in [-0.39, 0.29) is 16.9 Å². The number of aryl methyl sites for hydroxylation is 1. The average molecular weight is 233 g/mol. The largest absolute Gasteiger partial charge is 0.506 e. The van der Waals surface area contributed by atoms with Gasteiger partial charge in [0.25, 0.3) is 0 Å². The number of phenolic OH excluding ortho intramolecular Hbond substituents is 1. The summed E-state index contributed by atoms with van der Waals surface area (Å²) in [4.78, 5) is 11.6. The van der Waals surface area contributed by atoms with Crippen LogP contribution in [0.15, 0.2) is 30.5 Å². The normalized spacial score (nSPS) is 11.8. The molecule has 1 aromatic rings. The minimum atomic E-state index is -0.381. The third-order valence-corrected chi connectivity index (χ3v) is 2.37. The Kier molecular flexibility index (Phi) is 3.94. The van der Waals surface area contributed by atoms with Crippen molar-refractivity contribution in [1.82, 2.24) is 0 Å². The lowest BCUT2D eigenvalue weighted by molar-refractivity contribution is -0.121. The number of aromatic hydroxyl groups is 1. The van der Waals surface area contributed by atoms with E-state index in [2.05, 4.69) is 5.32 Å². The van der Waals surface area contributed by atoms with E-state index in [1.807, 2.05) is 33.8 Å². The van der Waals surface area contributed by atoms with Gasteiger partial charge in [-0.3, -0.25) is 4.79 Å². The fourth-order valence-electron chi connectivity index (χ4n) is 1.22. The molecule has 0 fully saturated rings. The van der Waals surface area contributed by atoms with Crippen LogP contribution in [-0.2, 0) is 4.79 Å². The summed E-state index contributed by atoms with van der Waals surface area (Å²) in [5, 5.41) is 12.5. The summed E-state index contributed by atoms with van der Waals surface area (Å²) in [6.07, 6.45) is 3.04. The van der Waals surface area contributed by atoms with Gasteiger partial charge in [0, 0.05) is 11.6 Å². The first-order chi connectivity index (χ1) is 7.80. The Hall–Kier alpha value is -1.77. The SMILES string of the molecule is Cc1ccc(N/C=C/C(=O)C(C)(C)C)c(O)c1. The van der Waals surface area contributed by atoms with Crippen molar-refractivity contribution in [3.8, 4) is 5.75 Å². The number of hydrogen-bond donors (Lipinski definition) is 2. The molecule has 0 atom stereocenters. The highest BCUT2D eigenvalue weighted by atomic mass is 16.3. The Morgan fingerprint density at radius 1 is 1.35 bits per heavy atom. The molecule has 0 aliphatic carbocycles. The fraction of sp³-hybridized carbons (Fsp3) is 0.357. The molecule has 0 bridgehead atoms. The standard InChI is InChI=1S/C14H19NO2/c1-10-5-6-11(12(16)9-10)15-8-7-13(17)14(2,3)4/h5-9,15-16H,1-4H3/b8-7+. The number of anilines is 1. The maximum atomic E-state index is 11.6. The van der Waals surface area contributed by atoms with Crippen LogP contribution in [0.5, 0.6) is 5.75 Å². The first-order valence-electron chi connectivity index (χ1n) is 5.58. The second-order valence-corrected chi connectivity index (χ2v) is 5.11. The van der Waals surface area contributed by atoms with Crippen LogP contribution in [0, 0.1) is 12.3 Å². The molecule has 1 rings (SSSR count). The van der Waals surface area contributed by atoms with E-state index in [1.54, 1.807) is 18.3 Å². The monoisotopic (exact) mass is 233 g/mol.